The molecule has 0 radical (unpaired) electrons. The summed E-state index contributed by atoms with van der Waals surface area (Å²) < 4.78 is 14.1. The lowest BCUT2D eigenvalue weighted by atomic mass is 9.46. The van der Waals surface area contributed by atoms with E-state index in [0.29, 0.717) is 73.1 Å². The predicted octanol–water partition coefficient (Wildman–Crippen LogP) is 11.8. The van der Waals surface area contributed by atoms with Gasteiger partial charge in [-0.3, -0.25) is 9.59 Å². The number of carbonyl (C=O) groups is 3. The number of nitrogens with one attached hydrogen (secondary N) is 2. The van der Waals surface area contributed by atoms with E-state index in [-0.39, 0.29) is 106 Å². The van der Waals surface area contributed by atoms with E-state index in [4.69, 9.17) is 9.47 Å². The highest BCUT2D eigenvalue weighted by atomic mass is 33.1. The van der Waals surface area contributed by atoms with Crippen molar-refractivity contribution in [3.63, 3.8) is 0 Å². The summed E-state index contributed by atoms with van der Waals surface area (Å²) in [4.78, 5) is 48.4. The molecule has 15 nitrogen and oxygen atoms in total. The molecular formula is C85H96N2O13S2. The van der Waals surface area contributed by atoms with Crippen molar-refractivity contribution in [2.75, 3.05) is 19.0 Å². The average Bonchev–Trinajstić information content (AvgIpc) is 1.42. The van der Waals surface area contributed by atoms with Gasteiger partial charge in [0.2, 0.25) is 6.29 Å². The van der Waals surface area contributed by atoms with Crippen molar-refractivity contribution in [3.8, 4) is 23.3 Å². The van der Waals surface area contributed by atoms with Crippen molar-refractivity contribution in [2.24, 2.45) is 97.6 Å². The number of fused-ring (bicyclic) bond motifs is 7. The lowest BCUT2D eigenvalue weighted by Crippen LogP contribution is -2.81. The highest BCUT2D eigenvalue weighted by Crippen LogP contribution is 2.82. The van der Waals surface area contributed by atoms with Gasteiger partial charge in [-0.05, 0) is 268 Å². The van der Waals surface area contributed by atoms with Crippen LogP contribution in [0.25, 0.3) is 0 Å². The predicted molar refractivity (Wildman–Crippen MR) is 385 cm³/mol. The zero-order valence-corrected chi connectivity index (χ0v) is 59.7. The molecule has 9 saturated carbocycles. The Morgan fingerprint density at radius 3 is 2.50 bits per heavy atom. The van der Waals surface area contributed by atoms with Crippen LogP contribution in [0.5, 0.6) is 11.5 Å². The third kappa shape index (κ3) is 8.82. The van der Waals surface area contributed by atoms with E-state index in [2.05, 4.69) is 40.7 Å². The first kappa shape index (κ1) is 65.8. The Bertz CT molecular complexity index is 4360. The third-order valence-electron chi connectivity index (χ3n) is 31.9. The van der Waals surface area contributed by atoms with Gasteiger partial charge in [0.1, 0.15) is 52.4 Å². The minimum absolute atomic E-state index is 0.0120. The van der Waals surface area contributed by atoms with E-state index >= 15 is 9.59 Å². The number of aliphatic hydroxyl groups is 7. The Kier molecular flexibility index (Phi) is 14.8. The molecule has 24 atom stereocenters. The number of benzene rings is 3. The zero-order chi connectivity index (χ0) is 69.5. The maximum Gasteiger partial charge on any atom is 0.229 e. The highest BCUT2D eigenvalue weighted by Gasteiger charge is 2.80. The summed E-state index contributed by atoms with van der Waals surface area (Å²) in [7, 11) is 3.03. The Hall–Kier alpha value is -5.65. The number of allylic oxidation sites excluding steroid dienone is 7. The van der Waals surface area contributed by atoms with Crippen LogP contribution in [0.15, 0.2) is 119 Å². The SMILES string of the molecule is O=C[C@H]1C[C@@]2(CC[C@]3(C[C@H]4Cc5cccc(O)c5C#CC[C@H]5CC[C@]3(C5)C4)C2)C[C@@]12C[C@H]1C[C@H]3C[C@H]4C[C@]5(CO)O[C@H]6Oc7cccc8c7C(=O)[C@@]79C(O)=CC(Cc%10cccc(CO)c%10)=C(/C=C\[C@H]%10CCC[C@@H]%11CC[C@@H](C[C@@]%11%10O)[C@@H]7SSCNC7=CC(=C3CN7)[C@@]1(C2)[C@H]4[C@](O)([C@@H]5O)[C@H]6O)[C@@H]9C8=O. The minimum Gasteiger partial charge on any atom is -0.511 e. The molecule has 102 heavy (non-hydrogen) atoms. The highest BCUT2D eigenvalue weighted by molar-refractivity contribution is 8.77. The van der Waals surface area contributed by atoms with Crippen LogP contribution < -0.4 is 15.4 Å². The van der Waals surface area contributed by atoms with Crippen LogP contribution in [0.3, 0.4) is 0 Å². The van der Waals surface area contributed by atoms with Crippen LogP contribution >= 0.6 is 21.6 Å². The standard InChI is InChI=1S/C85H96N2O13S2/c88-39-48-8-1-7-47(24-48)25-52-29-66(92)84-69-60(52)19-18-56-11-4-10-55-17-16-51(35-83(55,56)97)74(84)102-101-45-87-67-30-63-62(38-86-67)53-27-54-34-81(44-90)76(96)85(98,73(95)75(100-81)99-65-15-5-13-61(70(69)93)68(65)72(84)94)71(54)82(63)43-78(37-57(82)28-53)41-77(36-58(78)40-89)22-23-80(42-77)33-49-26-50-9-3-14-64(91)59(50)12-2-6-46-20-21-79(80,31-46)32-49/h1,3,5,7-9,13-15,18-19,24,29-30,40,46,49,51,53-58,69,71,73-76,86-88,90-92,95-98H,4,6,10-11,16-17,20-23,25-28,31-39,41-45H2/b19-18-/t46-,49-,51-,53+,54-,55+,56+,57+,58+,69+,71-,73-,74-,75+,76+,77-,78+,79-,80-,81+,82-,83+,84-,85+/m0/s1. The van der Waals surface area contributed by atoms with Crippen molar-refractivity contribution >= 4 is 39.4 Å². The van der Waals surface area contributed by atoms with Crippen molar-refractivity contribution < 1.29 is 64.7 Å². The van der Waals surface area contributed by atoms with Crippen molar-refractivity contribution in [2.45, 2.75) is 201 Å². The minimum atomic E-state index is -2.41. The van der Waals surface area contributed by atoms with Gasteiger partial charge in [0.25, 0.3) is 0 Å². The summed E-state index contributed by atoms with van der Waals surface area (Å²) in [6, 6.07) is 18.3. The van der Waals surface area contributed by atoms with E-state index in [1.807, 2.05) is 36.4 Å². The molecule has 3 aromatic carbocycles. The first-order chi connectivity index (χ1) is 49.3. The Labute approximate surface area is 604 Å². The van der Waals surface area contributed by atoms with E-state index in [0.717, 1.165) is 118 Å². The maximum atomic E-state index is 17.2. The number of aldehydes is 1. The normalized spacial score (nSPS) is 46.7. The van der Waals surface area contributed by atoms with Gasteiger partial charge in [0.05, 0.1) is 47.6 Å². The summed E-state index contributed by atoms with van der Waals surface area (Å²) in [5.41, 5.74) is -1.50. The first-order valence-corrected chi connectivity index (χ1v) is 41.1. The number of aliphatic hydroxyl groups excluding tert-OH is 5. The molecule has 15 aliphatic carbocycles. The summed E-state index contributed by atoms with van der Waals surface area (Å²) >= 11 is 0. The molecule has 16 bridgehead atoms. The monoisotopic (exact) mass is 1420 g/mol. The smallest absolute Gasteiger partial charge is 0.229 e. The van der Waals surface area contributed by atoms with E-state index in [9.17, 15) is 45.6 Å². The first-order valence-electron chi connectivity index (χ1n) is 38.7. The summed E-state index contributed by atoms with van der Waals surface area (Å²) in [5, 5.41) is 109. The van der Waals surface area contributed by atoms with Crippen LogP contribution in [-0.4, -0.2) is 118 Å². The van der Waals surface area contributed by atoms with Gasteiger partial charge in [0.15, 0.2) is 11.6 Å². The number of aromatic hydroxyl groups is 1. The Balaban J connectivity index is 0.717. The lowest BCUT2D eigenvalue weighted by Gasteiger charge is -2.65. The molecule has 10 fully saturated rings. The summed E-state index contributed by atoms with van der Waals surface area (Å²) in [6.45, 7) is -0.389. The largest absolute Gasteiger partial charge is 0.511 e. The molecule has 21 rings (SSSR count). The second kappa shape index (κ2) is 22.9. The number of ether oxygens (including phenoxy) is 2. The molecule has 0 amide bonds. The fourth-order valence-corrected chi connectivity index (χ4v) is 31.6. The molecule has 3 aromatic rings. The number of rotatable bonds is 5. The van der Waals surface area contributed by atoms with Crippen molar-refractivity contribution in [1.29, 1.82) is 0 Å². The van der Waals surface area contributed by atoms with Gasteiger partial charge in [-0.25, -0.2) is 0 Å². The molecule has 1 saturated heterocycles. The molecular weight excluding hydrogens is 1320 g/mol. The molecule has 10 N–H and O–H groups in total. The van der Waals surface area contributed by atoms with E-state index < -0.39 is 86.8 Å². The van der Waals surface area contributed by atoms with Gasteiger partial charge < -0.3 is 65.8 Å². The van der Waals surface area contributed by atoms with Gasteiger partial charge in [-0.1, -0.05) is 101 Å². The number of hydrogen-bond donors (Lipinski definition) is 10. The molecule has 17 heteroatoms. The number of phenolic OH excluding ortho intramolecular Hbond substituents is 1. The number of phenols is 1. The maximum absolute atomic E-state index is 17.2. The lowest BCUT2D eigenvalue weighted by molar-refractivity contribution is -0.392. The summed E-state index contributed by atoms with van der Waals surface area (Å²) in [5.74, 6) is 4.65. The fourth-order valence-electron chi connectivity index (χ4n) is 28.5. The van der Waals surface area contributed by atoms with Crippen molar-refractivity contribution in [1.82, 2.24) is 10.6 Å². The molecule has 0 unspecified atom stereocenters. The van der Waals surface area contributed by atoms with E-state index in [1.165, 1.54) is 52.7 Å². The second-order valence-electron chi connectivity index (χ2n) is 36.2. The molecule has 6 spiro atoms. The van der Waals surface area contributed by atoms with E-state index in [1.54, 1.807) is 30.3 Å². The van der Waals surface area contributed by atoms with Gasteiger partial charge in [-0.2, -0.15) is 0 Å². The Morgan fingerprint density at radius 2 is 1.64 bits per heavy atom. The van der Waals surface area contributed by atoms with Crippen LogP contribution in [0.2, 0.25) is 0 Å². The second-order valence-corrected chi connectivity index (χ2v) is 38.7. The number of dihydropyridines is 1. The summed E-state index contributed by atoms with van der Waals surface area (Å²) in [6.07, 6.45) is 23.6. The number of hydrogen-bond acceptors (Lipinski definition) is 17. The third-order valence-corrected chi connectivity index (χ3v) is 34.7. The number of ketones is 2. The molecule has 3 aliphatic heterocycles. The van der Waals surface area contributed by atoms with Crippen LogP contribution in [0.4, 0.5) is 0 Å². The van der Waals surface area contributed by atoms with Crippen molar-refractivity contribution in [3.05, 3.63) is 152 Å². The number of Topliss-reactive ketones (excluding diaryl/α,β-unsaturated/α-hetero) is 2. The zero-order valence-electron chi connectivity index (χ0n) is 58.1. The topological polar surface area (TPSA) is 256 Å². The molecule has 0 aromatic heterocycles. The molecule has 3 heterocycles. The fraction of sp³-hybridized carbons (Fsp3) is 0.612. The van der Waals surface area contributed by atoms with Crippen LogP contribution in [-0.2, 0) is 29.0 Å². The van der Waals surface area contributed by atoms with Gasteiger partial charge in [0, 0.05) is 46.9 Å². The molecule has 18 aliphatic rings. The van der Waals surface area contributed by atoms with Gasteiger partial charge >= 0.3 is 0 Å². The van der Waals surface area contributed by atoms with Crippen LogP contribution in [0.1, 0.15) is 184 Å². The Morgan fingerprint density at radius 1 is 0.794 bits per heavy atom. The van der Waals surface area contributed by atoms with Crippen LogP contribution in [0, 0.1) is 109 Å². The quantitative estimate of drug-likeness (QED) is 0.0647. The van der Waals surface area contributed by atoms with Gasteiger partial charge in [-0.15, -0.1) is 0 Å². The molecule has 536 valence electrons. The average molecular weight is 1420 g/mol. The number of carbonyl (C=O) groups excluding carboxylic acids is 3.